The topological polar surface area (TPSA) is 3.88 Å². The Labute approximate surface area is 203 Å². The molecule has 174 valence electrons. The maximum Gasteiger partial charge on any atom is 0.220 e. The van der Waals surface area contributed by atoms with Gasteiger partial charge >= 0.3 is 0 Å². The van der Waals surface area contributed by atoms with Crippen molar-refractivity contribution in [2.45, 2.75) is 95.8 Å². The summed E-state index contributed by atoms with van der Waals surface area (Å²) >= 11 is 0. The van der Waals surface area contributed by atoms with Crippen LogP contribution in [-0.4, -0.2) is 8.07 Å². The van der Waals surface area contributed by atoms with Gasteiger partial charge in [0.2, 0.25) is 5.69 Å². The zero-order valence-corrected chi connectivity index (χ0v) is 22.4. The fourth-order valence-electron chi connectivity index (χ4n) is 6.40. The molecular formula is C31H42NSi+. The summed E-state index contributed by atoms with van der Waals surface area (Å²) < 4.78 is 11.3. The van der Waals surface area contributed by atoms with Crippen molar-refractivity contribution in [3.05, 3.63) is 64.8 Å². The highest BCUT2D eigenvalue weighted by Gasteiger charge is 2.30. The molecule has 2 fully saturated rings. The minimum Gasteiger partial charge on any atom is -0.198 e. The maximum atomic E-state index is 9.00. The van der Waals surface area contributed by atoms with Gasteiger partial charge in [0.25, 0.3) is 0 Å². The van der Waals surface area contributed by atoms with Gasteiger partial charge in [0.1, 0.15) is 7.05 Å². The molecule has 2 heterocycles. The van der Waals surface area contributed by atoms with Crippen molar-refractivity contribution >= 4 is 18.8 Å². The van der Waals surface area contributed by atoms with E-state index in [1.807, 2.05) is 0 Å². The summed E-state index contributed by atoms with van der Waals surface area (Å²) in [6.07, 6.45) is 9.42. The first-order chi connectivity index (χ1) is 16.2. The molecule has 0 radical (unpaired) electrons. The molecule has 1 aliphatic carbocycles. The van der Waals surface area contributed by atoms with Gasteiger partial charge in [0.15, 0.2) is 5.69 Å². The van der Waals surface area contributed by atoms with Crippen LogP contribution in [0.4, 0.5) is 0 Å². The molecule has 0 unspecified atom stereocenters. The summed E-state index contributed by atoms with van der Waals surface area (Å²) in [5, 5.41) is 2.36. The highest BCUT2D eigenvalue weighted by Crippen LogP contribution is 2.40. The molecule has 1 aliphatic heterocycles. The molecule has 1 nitrogen and oxygen atoms in total. The molecule has 1 aromatic heterocycles. The average molecular weight is 458 g/mol. The number of aryl methyl sites for hydroxylation is 1. The van der Waals surface area contributed by atoms with Crippen LogP contribution in [-0.2, 0) is 7.05 Å². The largest absolute Gasteiger partial charge is 0.220 e. The lowest BCUT2D eigenvalue weighted by Gasteiger charge is -2.33. The highest BCUT2D eigenvalue weighted by molar-refractivity contribution is 6.77. The van der Waals surface area contributed by atoms with Crippen LogP contribution in [0.25, 0.3) is 22.0 Å². The minimum absolute atomic E-state index is 0.665. The summed E-state index contributed by atoms with van der Waals surface area (Å²) in [6, 6.07) is 17.8. The molecule has 1 saturated heterocycles. The van der Waals surface area contributed by atoms with Gasteiger partial charge in [-0.2, -0.15) is 4.57 Å². The lowest BCUT2D eigenvalue weighted by molar-refractivity contribution is -0.665. The lowest BCUT2D eigenvalue weighted by atomic mass is 9.82. The second kappa shape index (κ2) is 9.02. The predicted molar refractivity (Wildman–Crippen MR) is 145 cm³/mol. The van der Waals surface area contributed by atoms with E-state index in [-0.39, 0.29) is 0 Å². The average Bonchev–Trinajstić information content (AvgIpc) is 2.84. The van der Waals surface area contributed by atoms with Gasteiger partial charge in [-0.05, 0) is 78.7 Å². The van der Waals surface area contributed by atoms with Crippen LogP contribution in [0, 0.1) is 13.8 Å². The second-order valence-corrected chi connectivity index (χ2v) is 17.1. The Hall–Kier alpha value is -1.93. The first-order valence-electron chi connectivity index (χ1n) is 13.8. The number of rotatable bonds is 3. The van der Waals surface area contributed by atoms with Crippen molar-refractivity contribution in [3.63, 3.8) is 0 Å². The molecule has 0 amide bonds. The highest BCUT2D eigenvalue weighted by atomic mass is 28.3. The minimum atomic E-state index is -0.966. The summed E-state index contributed by atoms with van der Waals surface area (Å²) in [7, 11) is 1.18. The molecule has 0 bridgehead atoms. The fraction of sp³-hybridized carbons (Fsp3) is 0.516. The predicted octanol–water partition coefficient (Wildman–Crippen LogP) is 8.58. The van der Waals surface area contributed by atoms with E-state index in [1.54, 1.807) is 0 Å². The maximum absolute atomic E-state index is 9.00. The molecular weight excluding hydrogens is 414 g/mol. The Morgan fingerprint density at radius 1 is 0.848 bits per heavy atom. The molecule has 5 rings (SSSR count). The number of hydrogen-bond donors (Lipinski definition) is 0. The summed E-state index contributed by atoms with van der Waals surface area (Å²) in [5.74, 6) is 1.37. The smallest absolute Gasteiger partial charge is 0.198 e. The van der Waals surface area contributed by atoms with Crippen molar-refractivity contribution in [3.8, 4) is 11.3 Å². The Morgan fingerprint density at radius 2 is 1.48 bits per heavy atom. The quantitative estimate of drug-likeness (QED) is 0.274. The number of nitrogens with zero attached hydrogens (tertiary/aromatic N) is 1. The standard InChI is InChI=1S/C31H42NSi/c1-22-11-12-27(24-9-7-6-8-10-24)21-30(22)31-29-14-13-26(20-28(29)19-23(2)32(31)3)25-15-17-33(4,5)18-16-25/h11-14,19-21,24-25H,6-10,15-18H2,1-5H3/q+1/i19D. The molecule has 3 aromatic rings. The van der Waals surface area contributed by atoms with E-state index in [9.17, 15) is 0 Å². The van der Waals surface area contributed by atoms with E-state index >= 15 is 0 Å². The number of benzene rings is 2. The van der Waals surface area contributed by atoms with Crippen molar-refractivity contribution in [1.29, 1.82) is 0 Å². The van der Waals surface area contributed by atoms with Crippen molar-refractivity contribution in [1.82, 2.24) is 0 Å². The molecule has 2 heteroatoms. The fourth-order valence-corrected chi connectivity index (χ4v) is 8.91. The number of aromatic nitrogens is 1. The zero-order valence-electron chi connectivity index (χ0n) is 22.4. The van der Waals surface area contributed by atoms with Gasteiger partial charge in [-0.1, -0.05) is 68.7 Å². The SMILES string of the molecule is [2H]c1c(C)[n+](C)c(-c2cc(C3CCCCC3)ccc2C)c2ccc(C3CC[Si](C)(C)CC3)cc12. The number of hydrogen-bond acceptors (Lipinski definition) is 0. The third-order valence-corrected chi connectivity index (χ3v) is 12.1. The van der Waals surface area contributed by atoms with E-state index in [1.165, 1.54) is 90.4 Å². The normalized spacial score (nSPS) is 20.2. The Morgan fingerprint density at radius 3 is 2.21 bits per heavy atom. The molecule has 2 aromatic carbocycles. The van der Waals surface area contributed by atoms with Crippen LogP contribution in [0.3, 0.4) is 0 Å². The third-order valence-electron chi connectivity index (χ3n) is 8.86. The van der Waals surface area contributed by atoms with Gasteiger partial charge in [0.05, 0.1) is 6.76 Å². The third kappa shape index (κ3) is 4.56. The monoisotopic (exact) mass is 457 g/mol. The van der Waals surface area contributed by atoms with Gasteiger partial charge < -0.3 is 0 Å². The van der Waals surface area contributed by atoms with E-state index in [4.69, 9.17) is 1.37 Å². The van der Waals surface area contributed by atoms with Crippen molar-refractivity contribution in [2.75, 3.05) is 0 Å². The number of pyridine rings is 1. The van der Waals surface area contributed by atoms with Gasteiger partial charge in [-0.25, -0.2) is 0 Å². The van der Waals surface area contributed by atoms with E-state index in [0.717, 1.165) is 11.1 Å². The van der Waals surface area contributed by atoms with Crippen LogP contribution in [0.2, 0.25) is 25.2 Å². The Bertz CT molecular complexity index is 1210. The summed E-state index contributed by atoms with van der Waals surface area (Å²) in [6.45, 7) is 9.46. The molecule has 0 N–H and O–H groups in total. The van der Waals surface area contributed by atoms with Crippen molar-refractivity contribution in [2.24, 2.45) is 7.05 Å². The molecule has 1 saturated carbocycles. The molecule has 0 spiro atoms. The molecule has 2 aliphatic rings. The van der Waals surface area contributed by atoms with Gasteiger partial charge in [-0.15, -0.1) is 0 Å². The van der Waals surface area contributed by atoms with Crippen LogP contribution in [0.1, 0.15) is 80.5 Å². The van der Waals surface area contributed by atoms with Crippen LogP contribution < -0.4 is 4.57 Å². The Kier molecular flexibility index (Phi) is 5.90. The lowest BCUT2D eigenvalue weighted by Crippen LogP contribution is -2.35. The van der Waals surface area contributed by atoms with E-state index < -0.39 is 8.07 Å². The first kappa shape index (κ1) is 21.6. The van der Waals surface area contributed by atoms with Crippen molar-refractivity contribution < 1.29 is 5.94 Å². The van der Waals surface area contributed by atoms with Crippen LogP contribution in [0.15, 0.2) is 42.4 Å². The second-order valence-electron chi connectivity index (χ2n) is 11.8. The number of fused-ring (bicyclic) bond motifs is 1. The molecule has 0 atom stereocenters. The van der Waals surface area contributed by atoms with Gasteiger partial charge in [-0.3, -0.25) is 0 Å². The summed E-state index contributed by atoms with van der Waals surface area (Å²) in [5.41, 5.74) is 7.97. The molecule has 33 heavy (non-hydrogen) atoms. The zero-order chi connectivity index (χ0) is 24.0. The van der Waals surface area contributed by atoms with Crippen LogP contribution >= 0.6 is 0 Å². The van der Waals surface area contributed by atoms with Crippen LogP contribution in [0.5, 0.6) is 0 Å². The van der Waals surface area contributed by atoms with E-state index in [0.29, 0.717) is 17.9 Å². The van der Waals surface area contributed by atoms with E-state index in [2.05, 4.69) is 75.0 Å². The van der Waals surface area contributed by atoms with Gasteiger partial charge in [0, 0.05) is 26.6 Å². The summed E-state index contributed by atoms with van der Waals surface area (Å²) in [4.78, 5) is 0. The Balaban J connectivity index is 1.62. The first-order valence-corrected chi connectivity index (χ1v) is 16.7.